The van der Waals surface area contributed by atoms with E-state index in [1.165, 1.54) is 11.8 Å². The molecule has 0 unspecified atom stereocenters. The molecule has 4 rings (SSSR count). The van der Waals surface area contributed by atoms with Crippen LogP contribution in [0.2, 0.25) is 0 Å². The van der Waals surface area contributed by atoms with E-state index in [9.17, 15) is 4.79 Å². The lowest BCUT2D eigenvalue weighted by atomic mass is 10.2. The zero-order chi connectivity index (χ0) is 19.5. The number of thioether (sulfide) groups is 1. The molecule has 138 valence electrons. The average Bonchev–Trinajstić information content (AvgIpc) is 3.30. The lowest BCUT2D eigenvalue weighted by Crippen LogP contribution is -2.14. The molecule has 2 aromatic carbocycles. The molecule has 28 heavy (non-hydrogen) atoms. The van der Waals surface area contributed by atoms with Crippen molar-refractivity contribution in [1.82, 2.24) is 14.8 Å². The predicted molar refractivity (Wildman–Crippen MR) is 107 cm³/mol. The first-order valence-electron chi connectivity index (χ1n) is 8.45. The number of hydrogen-bond donors (Lipinski definition) is 1. The molecule has 0 saturated carbocycles. The number of nitrogens with one attached hydrogen (secondary N) is 1. The summed E-state index contributed by atoms with van der Waals surface area (Å²) in [6.45, 7) is 0. The van der Waals surface area contributed by atoms with Gasteiger partial charge in [-0.15, -0.1) is 10.2 Å². The molecule has 1 N–H and O–H groups in total. The molecule has 1 amide bonds. The zero-order valence-electron chi connectivity index (χ0n) is 14.9. The average molecular weight is 389 g/mol. The molecule has 0 saturated heterocycles. The molecule has 8 heteroatoms. The summed E-state index contributed by atoms with van der Waals surface area (Å²) in [5, 5.41) is 21.6. The van der Waals surface area contributed by atoms with Crippen LogP contribution >= 0.6 is 11.8 Å². The van der Waals surface area contributed by atoms with E-state index in [4.69, 9.17) is 9.68 Å². The first-order chi connectivity index (χ1) is 13.6. The molecule has 0 aliphatic carbocycles. The largest absolute Gasteiger partial charge is 0.453 e. The van der Waals surface area contributed by atoms with Gasteiger partial charge in [0.05, 0.1) is 17.4 Å². The number of furan rings is 1. The van der Waals surface area contributed by atoms with E-state index >= 15 is 0 Å². The monoisotopic (exact) mass is 389 g/mol. The number of nitriles is 1. The van der Waals surface area contributed by atoms with Crippen LogP contribution in [0.5, 0.6) is 0 Å². The fourth-order valence-corrected chi connectivity index (χ4v) is 3.41. The maximum atomic E-state index is 12.2. The number of fused-ring (bicyclic) bond motifs is 1. The number of carbonyl (C=O) groups excluding carboxylic acids is 1. The van der Waals surface area contributed by atoms with Crippen molar-refractivity contribution in [1.29, 1.82) is 5.26 Å². The summed E-state index contributed by atoms with van der Waals surface area (Å²) in [7, 11) is 1.84. The number of nitrogens with zero attached hydrogens (tertiary/aromatic N) is 4. The molecule has 0 fully saturated rings. The van der Waals surface area contributed by atoms with Crippen molar-refractivity contribution in [3.63, 3.8) is 0 Å². The Labute approximate surface area is 165 Å². The molecule has 2 heterocycles. The minimum Gasteiger partial charge on any atom is -0.453 e. The quantitative estimate of drug-likeness (QED) is 0.521. The number of aromatic nitrogens is 3. The van der Waals surface area contributed by atoms with Crippen LogP contribution in [0, 0.1) is 11.3 Å². The molecule has 0 aliphatic heterocycles. The molecule has 0 aliphatic rings. The molecule has 7 nitrogen and oxygen atoms in total. The Kier molecular flexibility index (Phi) is 4.83. The van der Waals surface area contributed by atoms with Gasteiger partial charge in [0.2, 0.25) is 5.91 Å². The lowest BCUT2D eigenvalue weighted by Gasteiger charge is -2.05. The molecule has 2 aromatic heterocycles. The van der Waals surface area contributed by atoms with Crippen LogP contribution in [0.15, 0.2) is 64.2 Å². The first kappa shape index (κ1) is 17.8. The summed E-state index contributed by atoms with van der Waals surface area (Å²) in [6.07, 6.45) is 0. The molecule has 0 spiro atoms. The number of para-hydroxylation sites is 1. The van der Waals surface area contributed by atoms with Gasteiger partial charge >= 0.3 is 0 Å². The van der Waals surface area contributed by atoms with Crippen LogP contribution in [0.4, 0.5) is 5.69 Å². The number of benzene rings is 2. The van der Waals surface area contributed by atoms with Gasteiger partial charge in [0.1, 0.15) is 5.58 Å². The summed E-state index contributed by atoms with van der Waals surface area (Å²) in [4.78, 5) is 12.2. The van der Waals surface area contributed by atoms with Crippen molar-refractivity contribution in [3.05, 3.63) is 60.2 Å². The van der Waals surface area contributed by atoms with E-state index in [-0.39, 0.29) is 11.7 Å². The summed E-state index contributed by atoms with van der Waals surface area (Å²) >= 11 is 1.29. The van der Waals surface area contributed by atoms with Gasteiger partial charge in [-0.1, -0.05) is 30.0 Å². The second-order valence-electron chi connectivity index (χ2n) is 6.04. The summed E-state index contributed by atoms with van der Waals surface area (Å²) in [5.41, 5.74) is 1.98. The number of carbonyl (C=O) groups is 1. The van der Waals surface area contributed by atoms with Crippen molar-refractivity contribution in [2.24, 2.45) is 7.05 Å². The van der Waals surface area contributed by atoms with E-state index in [1.807, 2.05) is 43.4 Å². The van der Waals surface area contributed by atoms with Gasteiger partial charge in [0, 0.05) is 18.1 Å². The smallest absolute Gasteiger partial charge is 0.234 e. The Morgan fingerprint density at radius 1 is 1.21 bits per heavy atom. The third kappa shape index (κ3) is 3.61. The molecule has 0 bridgehead atoms. The van der Waals surface area contributed by atoms with Crippen molar-refractivity contribution in [2.75, 3.05) is 11.1 Å². The highest BCUT2D eigenvalue weighted by Gasteiger charge is 2.16. The predicted octanol–water partition coefficient (Wildman–Crippen LogP) is 3.83. The van der Waals surface area contributed by atoms with Gasteiger partial charge in [0.25, 0.3) is 0 Å². The highest BCUT2D eigenvalue weighted by molar-refractivity contribution is 7.99. The second-order valence-corrected chi connectivity index (χ2v) is 6.98. The van der Waals surface area contributed by atoms with E-state index in [1.54, 1.807) is 28.8 Å². The van der Waals surface area contributed by atoms with Crippen LogP contribution < -0.4 is 5.32 Å². The van der Waals surface area contributed by atoms with Gasteiger partial charge in [-0.2, -0.15) is 5.26 Å². The third-order valence-electron chi connectivity index (χ3n) is 4.11. The Morgan fingerprint density at radius 3 is 2.75 bits per heavy atom. The number of rotatable bonds is 5. The van der Waals surface area contributed by atoms with Crippen molar-refractivity contribution < 1.29 is 9.21 Å². The minimum absolute atomic E-state index is 0.164. The number of amides is 1. The van der Waals surface area contributed by atoms with Crippen LogP contribution in [-0.4, -0.2) is 26.4 Å². The standard InChI is InChI=1S/C20H15N5O2S/c1-25-19(17-10-14-4-2-3-5-16(14)27-17)23-24-20(25)28-12-18(26)22-15-8-6-13(11-21)7-9-15/h2-10H,12H2,1H3,(H,22,26). The third-order valence-corrected chi connectivity index (χ3v) is 5.13. The Bertz CT molecular complexity index is 1150. The number of hydrogen-bond acceptors (Lipinski definition) is 6. The summed E-state index contributed by atoms with van der Waals surface area (Å²) < 4.78 is 7.64. The molecule has 4 aromatic rings. The van der Waals surface area contributed by atoms with Gasteiger partial charge in [-0.3, -0.25) is 4.79 Å². The van der Waals surface area contributed by atoms with Gasteiger partial charge in [0.15, 0.2) is 16.7 Å². The topological polar surface area (TPSA) is 96.7 Å². The molecule has 0 atom stereocenters. The van der Waals surface area contributed by atoms with Crippen LogP contribution in [0.3, 0.4) is 0 Å². The van der Waals surface area contributed by atoms with Crippen molar-refractivity contribution >= 4 is 34.3 Å². The second kappa shape index (κ2) is 7.58. The lowest BCUT2D eigenvalue weighted by molar-refractivity contribution is -0.113. The van der Waals surface area contributed by atoms with Crippen molar-refractivity contribution in [3.8, 4) is 17.7 Å². The SMILES string of the molecule is Cn1c(SCC(=O)Nc2ccc(C#N)cc2)nnc1-c1cc2ccccc2o1. The maximum Gasteiger partial charge on any atom is 0.234 e. The number of anilines is 1. The Balaban J connectivity index is 1.42. The van der Waals surface area contributed by atoms with Gasteiger partial charge in [-0.25, -0.2) is 0 Å². The first-order valence-corrected chi connectivity index (χ1v) is 9.44. The molecular weight excluding hydrogens is 374 g/mol. The highest BCUT2D eigenvalue weighted by Crippen LogP contribution is 2.28. The highest BCUT2D eigenvalue weighted by atomic mass is 32.2. The van der Waals surface area contributed by atoms with Gasteiger partial charge < -0.3 is 14.3 Å². The van der Waals surface area contributed by atoms with Crippen molar-refractivity contribution in [2.45, 2.75) is 5.16 Å². The fourth-order valence-electron chi connectivity index (χ4n) is 2.70. The van der Waals surface area contributed by atoms with E-state index in [0.29, 0.717) is 28.0 Å². The van der Waals surface area contributed by atoms with Gasteiger partial charge in [-0.05, 0) is 36.4 Å². The maximum absolute atomic E-state index is 12.2. The minimum atomic E-state index is -0.164. The Hall–Kier alpha value is -3.57. The van der Waals surface area contributed by atoms with Crippen LogP contribution in [-0.2, 0) is 11.8 Å². The van der Waals surface area contributed by atoms with E-state index < -0.39 is 0 Å². The Morgan fingerprint density at radius 2 is 2.00 bits per heavy atom. The zero-order valence-corrected chi connectivity index (χ0v) is 15.7. The summed E-state index contributed by atoms with van der Waals surface area (Å²) in [5.74, 6) is 1.26. The fraction of sp³-hybridized carbons (Fsp3) is 0.100. The van der Waals surface area contributed by atoms with E-state index in [0.717, 1.165) is 11.0 Å². The molecular formula is C20H15N5O2S. The van der Waals surface area contributed by atoms with Crippen LogP contribution in [0.1, 0.15) is 5.56 Å². The van der Waals surface area contributed by atoms with Crippen LogP contribution in [0.25, 0.3) is 22.6 Å². The normalized spacial score (nSPS) is 10.7. The molecule has 0 radical (unpaired) electrons. The summed E-state index contributed by atoms with van der Waals surface area (Å²) in [6, 6.07) is 18.4. The van der Waals surface area contributed by atoms with E-state index in [2.05, 4.69) is 15.5 Å².